The lowest BCUT2D eigenvalue weighted by Crippen LogP contribution is -2.32. The Balaban J connectivity index is 1.54. The minimum absolute atomic E-state index is 0.0433. The van der Waals surface area contributed by atoms with E-state index in [1.54, 1.807) is 11.8 Å². The predicted octanol–water partition coefficient (Wildman–Crippen LogP) is 3.63. The molecule has 7 nitrogen and oxygen atoms in total. The lowest BCUT2D eigenvalue weighted by molar-refractivity contribution is -0.120. The summed E-state index contributed by atoms with van der Waals surface area (Å²) in [6.45, 7) is 6.73. The molecule has 158 valence electrons. The van der Waals surface area contributed by atoms with E-state index in [9.17, 15) is 4.79 Å². The molecular weight excluding hydrogens is 398 g/mol. The molecule has 0 saturated carbocycles. The number of carbonyl (C=O) groups is 1. The van der Waals surface area contributed by atoms with Gasteiger partial charge in [-0.2, -0.15) is 4.68 Å². The van der Waals surface area contributed by atoms with Crippen molar-refractivity contribution in [1.82, 2.24) is 25.5 Å². The van der Waals surface area contributed by atoms with E-state index >= 15 is 0 Å². The van der Waals surface area contributed by atoms with Crippen LogP contribution in [0.1, 0.15) is 37.8 Å². The maximum atomic E-state index is 12.5. The number of aromatic nitrogens is 4. The number of nitrogens with one attached hydrogen (secondary N) is 1. The molecule has 1 N–H and O–H groups in total. The number of carbonyl (C=O) groups excluding carboxylic acids is 1. The fourth-order valence-corrected chi connectivity index (χ4v) is 3.72. The smallest absolute Gasteiger partial charge is 0.233 e. The molecule has 1 atom stereocenters. The van der Waals surface area contributed by atoms with Crippen LogP contribution in [0.25, 0.3) is 5.69 Å². The quantitative estimate of drug-likeness (QED) is 0.527. The Hall–Kier alpha value is -2.87. The largest absolute Gasteiger partial charge is 0.497 e. The average Bonchev–Trinajstić information content (AvgIpc) is 3.22. The highest BCUT2D eigenvalue weighted by Gasteiger charge is 2.19. The summed E-state index contributed by atoms with van der Waals surface area (Å²) >= 11 is 1.34. The number of nitrogens with zero attached hydrogens (tertiary/aromatic N) is 4. The Morgan fingerprint density at radius 2 is 1.80 bits per heavy atom. The highest BCUT2D eigenvalue weighted by Crippen LogP contribution is 2.24. The molecule has 0 radical (unpaired) electrons. The van der Waals surface area contributed by atoms with Crippen LogP contribution in [0.15, 0.2) is 53.7 Å². The zero-order chi connectivity index (χ0) is 21.5. The fraction of sp³-hybridized carbons (Fsp3) is 0.364. The van der Waals surface area contributed by atoms with Crippen molar-refractivity contribution < 1.29 is 9.53 Å². The van der Waals surface area contributed by atoms with Gasteiger partial charge in [0.05, 0.1) is 18.0 Å². The van der Waals surface area contributed by atoms with Gasteiger partial charge in [0.15, 0.2) is 0 Å². The monoisotopic (exact) mass is 425 g/mol. The van der Waals surface area contributed by atoms with Gasteiger partial charge in [0.2, 0.25) is 11.1 Å². The molecule has 1 unspecified atom stereocenters. The SMILES string of the molecule is COc1ccc(CCNC(=O)C(C)Sc2nnnn2-c2ccc(C(C)C)cc2)cc1. The molecule has 1 aromatic heterocycles. The molecule has 0 bridgehead atoms. The summed E-state index contributed by atoms with van der Waals surface area (Å²) in [6, 6.07) is 16.0. The van der Waals surface area contributed by atoms with Crippen molar-refractivity contribution in [3.8, 4) is 11.4 Å². The molecule has 0 spiro atoms. The van der Waals surface area contributed by atoms with Gasteiger partial charge in [-0.3, -0.25) is 4.79 Å². The first kappa shape index (κ1) is 21.8. The third-order valence-corrected chi connectivity index (χ3v) is 5.80. The summed E-state index contributed by atoms with van der Waals surface area (Å²) in [5.74, 6) is 1.24. The van der Waals surface area contributed by atoms with E-state index in [1.165, 1.54) is 17.3 Å². The van der Waals surface area contributed by atoms with Crippen molar-refractivity contribution in [3.63, 3.8) is 0 Å². The Kier molecular flexibility index (Phi) is 7.46. The van der Waals surface area contributed by atoms with E-state index in [1.807, 2.05) is 43.3 Å². The van der Waals surface area contributed by atoms with Gasteiger partial charge in [0.25, 0.3) is 0 Å². The summed E-state index contributed by atoms with van der Waals surface area (Å²) in [7, 11) is 1.64. The third-order valence-electron chi connectivity index (χ3n) is 4.77. The van der Waals surface area contributed by atoms with Crippen LogP contribution in [0.5, 0.6) is 5.75 Å². The second kappa shape index (κ2) is 10.2. The minimum atomic E-state index is -0.319. The molecule has 1 heterocycles. The highest BCUT2D eigenvalue weighted by atomic mass is 32.2. The van der Waals surface area contributed by atoms with E-state index in [0.29, 0.717) is 17.6 Å². The van der Waals surface area contributed by atoms with E-state index in [4.69, 9.17) is 4.74 Å². The van der Waals surface area contributed by atoms with Crippen molar-refractivity contribution in [2.75, 3.05) is 13.7 Å². The molecule has 2 aromatic carbocycles. The van der Waals surface area contributed by atoms with Gasteiger partial charge in [-0.05, 0) is 65.1 Å². The topological polar surface area (TPSA) is 81.9 Å². The van der Waals surface area contributed by atoms with Crippen molar-refractivity contribution in [3.05, 3.63) is 59.7 Å². The van der Waals surface area contributed by atoms with E-state index in [-0.39, 0.29) is 11.2 Å². The Labute approximate surface area is 181 Å². The summed E-state index contributed by atoms with van der Waals surface area (Å²) in [5.41, 5.74) is 3.27. The first-order valence-electron chi connectivity index (χ1n) is 9.94. The van der Waals surface area contributed by atoms with Crippen molar-refractivity contribution >= 4 is 17.7 Å². The molecule has 0 fully saturated rings. The molecule has 0 aliphatic rings. The van der Waals surface area contributed by atoms with Crippen molar-refractivity contribution in [2.45, 2.75) is 43.5 Å². The molecule has 0 saturated heterocycles. The lowest BCUT2D eigenvalue weighted by atomic mass is 10.0. The number of hydrogen-bond donors (Lipinski definition) is 1. The van der Waals surface area contributed by atoms with Crippen LogP contribution in [0.3, 0.4) is 0 Å². The number of ether oxygens (including phenoxy) is 1. The maximum absolute atomic E-state index is 12.5. The molecule has 0 aliphatic carbocycles. The standard InChI is InChI=1S/C22H27N5O2S/c1-15(2)18-7-9-19(10-8-18)27-22(24-25-26-27)30-16(3)21(28)23-14-13-17-5-11-20(29-4)12-6-17/h5-12,15-16H,13-14H2,1-4H3,(H,23,28). The first-order chi connectivity index (χ1) is 14.5. The summed E-state index contributed by atoms with van der Waals surface area (Å²) in [5, 5.41) is 15.2. The van der Waals surface area contributed by atoms with Crippen LogP contribution in [-0.4, -0.2) is 45.0 Å². The Morgan fingerprint density at radius 1 is 1.10 bits per heavy atom. The number of amides is 1. The minimum Gasteiger partial charge on any atom is -0.497 e. The summed E-state index contributed by atoms with van der Waals surface area (Å²) in [4.78, 5) is 12.5. The van der Waals surface area contributed by atoms with Gasteiger partial charge < -0.3 is 10.1 Å². The molecule has 3 rings (SSSR count). The molecule has 3 aromatic rings. The first-order valence-corrected chi connectivity index (χ1v) is 10.8. The van der Waals surface area contributed by atoms with Crippen LogP contribution >= 0.6 is 11.8 Å². The second-order valence-electron chi connectivity index (χ2n) is 7.27. The molecule has 30 heavy (non-hydrogen) atoms. The molecule has 0 aliphatic heterocycles. The van der Waals surface area contributed by atoms with Crippen LogP contribution in [0.4, 0.5) is 0 Å². The van der Waals surface area contributed by atoms with Crippen LogP contribution < -0.4 is 10.1 Å². The predicted molar refractivity (Wildman–Crippen MR) is 118 cm³/mol. The second-order valence-corrected chi connectivity index (χ2v) is 8.58. The van der Waals surface area contributed by atoms with Gasteiger partial charge in [0, 0.05) is 6.54 Å². The highest BCUT2D eigenvalue weighted by molar-refractivity contribution is 8.00. The van der Waals surface area contributed by atoms with E-state index in [0.717, 1.165) is 23.4 Å². The fourth-order valence-electron chi connectivity index (χ4n) is 2.89. The van der Waals surface area contributed by atoms with Crippen LogP contribution in [0.2, 0.25) is 0 Å². The number of tetrazole rings is 1. The van der Waals surface area contributed by atoms with Crippen LogP contribution in [0, 0.1) is 0 Å². The molecule has 8 heteroatoms. The van der Waals surface area contributed by atoms with Gasteiger partial charge in [0.1, 0.15) is 5.75 Å². The summed E-state index contributed by atoms with van der Waals surface area (Å²) in [6.07, 6.45) is 0.757. The number of hydrogen-bond acceptors (Lipinski definition) is 6. The zero-order valence-electron chi connectivity index (χ0n) is 17.7. The van der Waals surface area contributed by atoms with Gasteiger partial charge in [-0.15, -0.1) is 5.10 Å². The Morgan fingerprint density at radius 3 is 2.43 bits per heavy atom. The molecular formula is C22H27N5O2S. The van der Waals surface area contributed by atoms with Gasteiger partial charge in [-0.25, -0.2) is 0 Å². The number of thioether (sulfide) groups is 1. The van der Waals surface area contributed by atoms with Crippen molar-refractivity contribution in [1.29, 1.82) is 0 Å². The molecule has 1 amide bonds. The van der Waals surface area contributed by atoms with Crippen LogP contribution in [-0.2, 0) is 11.2 Å². The summed E-state index contributed by atoms with van der Waals surface area (Å²) < 4.78 is 6.82. The maximum Gasteiger partial charge on any atom is 0.233 e. The average molecular weight is 426 g/mol. The number of rotatable bonds is 9. The van der Waals surface area contributed by atoms with Gasteiger partial charge in [-0.1, -0.05) is 49.9 Å². The third kappa shape index (κ3) is 5.60. The number of benzene rings is 2. The lowest BCUT2D eigenvalue weighted by Gasteiger charge is -2.12. The van der Waals surface area contributed by atoms with E-state index < -0.39 is 0 Å². The van der Waals surface area contributed by atoms with Crippen molar-refractivity contribution in [2.24, 2.45) is 0 Å². The normalized spacial score (nSPS) is 12.0. The van der Waals surface area contributed by atoms with E-state index in [2.05, 4.69) is 46.8 Å². The van der Waals surface area contributed by atoms with Gasteiger partial charge >= 0.3 is 0 Å². The Bertz CT molecular complexity index is 954. The zero-order valence-corrected chi connectivity index (χ0v) is 18.5. The number of methoxy groups -OCH3 is 1.